The molecule has 4 aromatic heterocycles. The molecule has 0 aliphatic rings. The lowest BCUT2D eigenvalue weighted by Crippen LogP contribution is -2.04. The number of imidazole rings is 1. The minimum atomic E-state index is 0.0419. The predicted octanol–water partition coefficient (Wildman–Crippen LogP) is 2.83. The van der Waals surface area contributed by atoms with Crippen molar-refractivity contribution in [3.05, 3.63) is 42.6 Å². The van der Waals surface area contributed by atoms with E-state index in [1.165, 1.54) is 6.20 Å². The number of pyridine rings is 1. The normalized spacial score (nSPS) is 12.4. The fraction of sp³-hybridized carbons (Fsp3) is 0.111. The zero-order valence-electron chi connectivity index (χ0n) is 14.0. The second kappa shape index (κ2) is 6.22. The minimum absolute atomic E-state index is 0.0419. The van der Waals surface area contributed by atoms with Crippen molar-refractivity contribution in [2.45, 2.75) is 6.92 Å². The number of nitrogens with zero attached hydrogens (tertiary/aromatic N) is 5. The molecule has 3 N–H and O–H groups in total. The molecule has 0 atom stereocenters. The molecule has 0 saturated heterocycles. The first kappa shape index (κ1) is 15.7. The number of aromatic nitrogens is 4. The van der Waals surface area contributed by atoms with E-state index in [0.717, 1.165) is 22.3 Å². The van der Waals surface area contributed by atoms with Crippen molar-refractivity contribution >= 4 is 34.0 Å². The number of nitrogens with two attached hydrogens (primary N) is 1. The Kier molecular flexibility index (Phi) is 3.74. The van der Waals surface area contributed by atoms with Crippen LogP contribution in [0, 0.1) is 18.3 Å². The summed E-state index contributed by atoms with van der Waals surface area (Å²) in [7, 11) is 0. The number of furan rings is 1. The third kappa shape index (κ3) is 2.43. The van der Waals surface area contributed by atoms with Crippen LogP contribution < -0.4 is 5.73 Å². The van der Waals surface area contributed by atoms with Crippen LogP contribution in [0.3, 0.4) is 0 Å². The van der Waals surface area contributed by atoms with Gasteiger partial charge in [0, 0.05) is 24.0 Å². The molecule has 0 aromatic carbocycles. The highest BCUT2D eigenvalue weighted by molar-refractivity contribution is 6.11. The van der Waals surface area contributed by atoms with Crippen LogP contribution in [-0.2, 0) is 0 Å². The first-order valence-corrected chi connectivity index (χ1v) is 7.93. The van der Waals surface area contributed by atoms with Gasteiger partial charge in [-0.3, -0.25) is 9.56 Å². The van der Waals surface area contributed by atoms with E-state index in [9.17, 15) is 0 Å². The quantitative estimate of drug-likeness (QED) is 0.435. The molecule has 4 heterocycles. The van der Waals surface area contributed by atoms with E-state index in [0.29, 0.717) is 22.8 Å². The maximum absolute atomic E-state index is 8.74. The maximum Gasteiger partial charge on any atom is 0.182 e. The molecular weight excluding hydrogens is 330 g/mol. The first-order valence-electron chi connectivity index (χ1n) is 7.93. The van der Waals surface area contributed by atoms with Crippen molar-refractivity contribution in [2.24, 2.45) is 10.7 Å². The molecule has 4 rings (SSSR count). The number of nitrogens with one attached hydrogen (secondary N) is 1. The molecule has 8 nitrogen and oxygen atoms in total. The lowest BCUT2D eigenvalue weighted by molar-refractivity contribution is 0.544. The molecule has 0 bridgehead atoms. The number of rotatable bonds is 4. The molecule has 26 heavy (non-hydrogen) atoms. The van der Waals surface area contributed by atoms with Crippen LogP contribution in [0.1, 0.15) is 5.76 Å². The van der Waals surface area contributed by atoms with Gasteiger partial charge < -0.3 is 15.1 Å². The Morgan fingerprint density at radius 2 is 2.35 bits per heavy atom. The van der Waals surface area contributed by atoms with Crippen LogP contribution in [0.15, 0.2) is 46.2 Å². The number of hydrogen-bond acceptors (Lipinski definition) is 6. The number of aromatic amines is 1. The van der Waals surface area contributed by atoms with E-state index in [2.05, 4.69) is 15.0 Å². The van der Waals surface area contributed by atoms with Gasteiger partial charge in [0.1, 0.15) is 23.5 Å². The summed E-state index contributed by atoms with van der Waals surface area (Å²) >= 11 is 0. The Labute approximate surface area is 148 Å². The molecule has 0 aliphatic heterocycles. The monoisotopic (exact) mass is 345 g/mol. The lowest BCUT2D eigenvalue weighted by atomic mass is 10.3. The van der Waals surface area contributed by atoms with Gasteiger partial charge in [0.25, 0.3) is 0 Å². The molecule has 0 fully saturated rings. The van der Waals surface area contributed by atoms with E-state index in [1.807, 2.05) is 42.0 Å². The summed E-state index contributed by atoms with van der Waals surface area (Å²) in [5.74, 6) is 1.97. The van der Waals surface area contributed by atoms with Crippen LogP contribution >= 0.6 is 0 Å². The van der Waals surface area contributed by atoms with E-state index in [1.54, 1.807) is 12.4 Å². The third-order valence-electron chi connectivity index (χ3n) is 3.98. The van der Waals surface area contributed by atoms with Crippen molar-refractivity contribution in [3.63, 3.8) is 0 Å². The molecule has 0 saturated carbocycles. The number of H-pyrrole nitrogens is 1. The highest BCUT2D eigenvalue weighted by Crippen LogP contribution is 2.32. The Hall–Kier alpha value is -3.86. The summed E-state index contributed by atoms with van der Waals surface area (Å²) in [6.45, 7) is 1.91. The van der Waals surface area contributed by atoms with Crippen molar-refractivity contribution < 1.29 is 4.42 Å². The number of aliphatic imine (C=N–C) groups is 1. The number of fused-ring (bicyclic) bond motifs is 3. The van der Waals surface area contributed by atoms with Crippen LogP contribution in [0.25, 0.3) is 39.3 Å². The Bertz CT molecular complexity index is 1200. The van der Waals surface area contributed by atoms with Crippen molar-refractivity contribution in [1.82, 2.24) is 19.5 Å². The Morgan fingerprint density at radius 3 is 3.08 bits per heavy atom. The molecule has 0 amide bonds. The fourth-order valence-corrected chi connectivity index (χ4v) is 2.90. The molecular formula is C18H15N7O. The summed E-state index contributed by atoms with van der Waals surface area (Å²) in [5.41, 5.74) is 8.73. The second-order valence-electron chi connectivity index (χ2n) is 5.63. The van der Waals surface area contributed by atoms with Crippen molar-refractivity contribution in [3.8, 4) is 17.7 Å². The third-order valence-corrected chi connectivity index (χ3v) is 3.98. The number of nitriles is 1. The number of aryl methyl sites for hydroxylation is 1. The average Bonchev–Trinajstić information content (AvgIpc) is 3.35. The van der Waals surface area contributed by atoms with Crippen molar-refractivity contribution in [2.75, 3.05) is 6.54 Å². The zero-order chi connectivity index (χ0) is 18.1. The standard InChI is InChI=1S/C18H15N7O/c1-11-2-3-15(26-11)18-24-14-10-23-17-13(4-6-22-17)16(14)25(18)12(8-20)9-21-7-5-19/h2-4,6,8-10H,7,20H2,1H3,(H,22,23). The van der Waals surface area contributed by atoms with Gasteiger partial charge in [0.15, 0.2) is 11.6 Å². The summed E-state index contributed by atoms with van der Waals surface area (Å²) in [6, 6.07) is 7.64. The molecule has 8 heteroatoms. The summed E-state index contributed by atoms with van der Waals surface area (Å²) in [6.07, 6.45) is 6.51. The molecule has 128 valence electrons. The molecule has 0 spiro atoms. The van der Waals surface area contributed by atoms with Gasteiger partial charge in [-0.25, -0.2) is 9.97 Å². The molecule has 0 aliphatic carbocycles. The van der Waals surface area contributed by atoms with Gasteiger partial charge >= 0.3 is 0 Å². The second-order valence-corrected chi connectivity index (χ2v) is 5.63. The van der Waals surface area contributed by atoms with Crippen LogP contribution in [-0.4, -0.2) is 32.3 Å². The predicted molar refractivity (Wildman–Crippen MR) is 99.3 cm³/mol. The Morgan fingerprint density at radius 1 is 1.46 bits per heavy atom. The summed E-state index contributed by atoms with van der Waals surface area (Å²) in [4.78, 5) is 16.3. The lowest BCUT2D eigenvalue weighted by Gasteiger charge is -2.08. The highest BCUT2D eigenvalue weighted by atomic mass is 16.3. The van der Waals surface area contributed by atoms with E-state index in [4.69, 9.17) is 20.4 Å². The summed E-state index contributed by atoms with van der Waals surface area (Å²) < 4.78 is 7.64. The SMILES string of the molecule is Cc1ccc(-c2nc3cnc4[nH]ccc4c3n2C(C=NCC#N)=CN)o1. The average molecular weight is 345 g/mol. The Balaban J connectivity index is 2.06. The zero-order valence-corrected chi connectivity index (χ0v) is 14.0. The van der Waals surface area contributed by atoms with Gasteiger partial charge in [0.05, 0.1) is 23.5 Å². The van der Waals surface area contributed by atoms with E-state index >= 15 is 0 Å². The molecule has 4 aromatic rings. The highest BCUT2D eigenvalue weighted by Gasteiger charge is 2.20. The molecule has 0 radical (unpaired) electrons. The smallest absolute Gasteiger partial charge is 0.182 e. The van der Waals surface area contributed by atoms with Crippen LogP contribution in [0.5, 0.6) is 0 Å². The van der Waals surface area contributed by atoms with E-state index in [-0.39, 0.29) is 6.54 Å². The van der Waals surface area contributed by atoms with Crippen LogP contribution in [0.2, 0.25) is 0 Å². The topological polar surface area (TPSA) is 122 Å². The fourth-order valence-electron chi connectivity index (χ4n) is 2.90. The largest absolute Gasteiger partial charge is 0.458 e. The van der Waals surface area contributed by atoms with Gasteiger partial charge in [-0.1, -0.05) is 0 Å². The van der Waals surface area contributed by atoms with Gasteiger partial charge in [0.2, 0.25) is 0 Å². The molecule has 0 unspecified atom stereocenters. The minimum Gasteiger partial charge on any atom is -0.458 e. The van der Waals surface area contributed by atoms with E-state index < -0.39 is 0 Å². The van der Waals surface area contributed by atoms with Gasteiger partial charge in [-0.05, 0) is 25.1 Å². The number of hydrogen-bond donors (Lipinski definition) is 2. The number of allylic oxidation sites excluding steroid dienone is 1. The summed E-state index contributed by atoms with van der Waals surface area (Å²) in [5, 5.41) is 9.64. The van der Waals surface area contributed by atoms with Crippen LogP contribution in [0.4, 0.5) is 0 Å². The first-order chi connectivity index (χ1) is 12.7. The van der Waals surface area contributed by atoms with Gasteiger partial charge in [-0.2, -0.15) is 5.26 Å². The van der Waals surface area contributed by atoms with Gasteiger partial charge in [-0.15, -0.1) is 0 Å². The van der Waals surface area contributed by atoms with Crippen molar-refractivity contribution in [1.29, 1.82) is 5.26 Å². The maximum atomic E-state index is 8.74.